The van der Waals surface area contributed by atoms with Crippen LogP contribution in [0.25, 0.3) is 0 Å². The molecule has 0 unspecified atom stereocenters. The van der Waals surface area contributed by atoms with Crippen LogP contribution in [0.15, 0.2) is 24.3 Å². The highest BCUT2D eigenvalue weighted by Crippen LogP contribution is 2.30. The molecule has 0 bridgehead atoms. The lowest BCUT2D eigenvalue weighted by molar-refractivity contribution is 0.258. The van der Waals surface area contributed by atoms with Crippen molar-refractivity contribution in [3.8, 4) is 5.75 Å². The average Bonchev–Trinajstić information content (AvgIpc) is 3.19. The second kappa shape index (κ2) is 6.16. The van der Waals surface area contributed by atoms with Crippen LogP contribution in [-0.4, -0.2) is 29.6 Å². The third-order valence-corrected chi connectivity index (χ3v) is 3.48. The minimum Gasteiger partial charge on any atom is -0.496 e. The summed E-state index contributed by atoms with van der Waals surface area (Å²) in [5.41, 5.74) is 6.82. The standard InChI is InChI=1S/C14H20N2OS/c1-17-13-5-3-2-4-11(13)10-16(12-6-7-12)9-8-14(15)18/h2-5,12H,6-10H2,1H3,(H2,15,18). The monoisotopic (exact) mass is 264 g/mol. The van der Waals surface area contributed by atoms with Gasteiger partial charge in [-0.25, -0.2) is 0 Å². The van der Waals surface area contributed by atoms with E-state index in [2.05, 4.69) is 17.0 Å². The maximum atomic E-state index is 5.59. The topological polar surface area (TPSA) is 38.5 Å². The molecular weight excluding hydrogens is 244 g/mol. The summed E-state index contributed by atoms with van der Waals surface area (Å²) in [6.45, 7) is 1.86. The van der Waals surface area contributed by atoms with E-state index in [0.29, 0.717) is 11.0 Å². The fourth-order valence-corrected chi connectivity index (χ4v) is 2.23. The van der Waals surface area contributed by atoms with Crippen LogP contribution >= 0.6 is 12.2 Å². The predicted molar refractivity (Wildman–Crippen MR) is 77.8 cm³/mol. The molecule has 1 aliphatic carbocycles. The van der Waals surface area contributed by atoms with Gasteiger partial charge in [-0.05, 0) is 18.9 Å². The summed E-state index contributed by atoms with van der Waals surface area (Å²) >= 11 is 4.96. The molecule has 1 saturated carbocycles. The lowest BCUT2D eigenvalue weighted by Crippen LogP contribution is -2.29. The van der Waals surface area contributed by atoms with Gasteiger partial charge in [-0.15, -0.1) is 0 Å². The lowest BCUT2D eigenvalue weighted by atomic mass is 10.2. The van der Waals surface area contributed by atoms with Crippen LogP contribution in [0.1, 0.15) is 24.8 Å². The van der Waals surface area contributed by atoms with Crippen molar-refractivity contribution in [3.63, 3.8) is 0 Å². The molecule has 18 heavy (non-hydrogen) atoms. The van der Waals surface area contributed by atoms with E-state index in [0.717, 1.165) is 25.3 Å². The minimum atomic E-state index is 0.598. The van der Waals surface area contributed by atoms with Gasteiger partial charge >= 0.3 is 0 Å². The number of benzene rings is 1. The van der Waals surface area contributed by atoms with Crippen LogP contribution in [0.2, 0.25) is 0 Å². The normalized spacial score (nSPS) is 14.8. The van der Waals surface area contributed by atoms with Gasteiger partial charge in [0.1, 0.15) is 5.75 Å². The van der Waals surface area contributed by atoms with Crippen molar-refractivity contribution < 1.29 is 4.74 Å². The third kappa shape index (κ3) is 3.68. The highest BCUT2D eigenvalue weighted by molar-refractivity contribution is 7.80. The number of rotatable bonds is 7. The van der Waals surface area contributed by atoms with E-state index < -0.39 is 0 Å². The van der Waals surface area contributed by atoms with Gasteiger partial charge in [0, 0.05) is 31.1 Å². The molecule has 1 aromatic carbocycles. The Balaban J connectivity index is 2.01. The molecule has 1 aliphatic rings. The number of ether oxygens (including phenoxy) is 1. The molecule has 4 heteroatoms. The van der Waals surface area contributed by atoms with Crippen LogP contribution in [0.3, 0.4) is 0 Å². The highest BCUT2D eigenvalue weighted by atomic mass is 32.1. The first-order valence-corrected chi connectivity index (χ1v) is 6.76. The zero-order chi connectivity index (χ0) is 13.0. The quantitative estimate of drug-likeness (QED) is 0.767. The molecule has 2 N–H and O–H groups in total. The van der Waals surface area contributed by atoms with Gasteiger partial charge in [0.05, 0.1) is 12.1 Å². The molecule has 98 valence electrons. The Bertz CT molecular complexity index is 418. The van der Waals surface area contributed by atoms with Crippen molar-refractivity contribution in [2.45, 2.75) is 31.8 Å². The maximum absolute atomic E-state index is 5.59. The van der Waals surface area contributed by atoms with Gasteiger partial charge in [-0.2, -0.15) is 0 Å². The van der Waals surface area contributed by atoms with Gasteiger partial charge in [-0.3, -0.25) is 4.90 Å². The van der Waals surface area contributed by atoms with Crippen molar-refractivity contribution in [1.29, 1.82) is 0 Å². The number of nitrogens with zero attached hydrogens (tertiary/aromatic N) is 1. The number of para-hydroxylation sites is 1. The molecule has 0 amide bonds. The molecule has 1 aromatic rings. The number of hydrogen-bond acceptors (Lipinski definition) is 3. The van der Waals surface area contributed by atoms with Crippen LogP contribution in [0.5, 0.6) is 5.75 Å². The van der Waals surface area contributed by atoms with E-state index in [1.165, 1.54) is 18.4 Å². The summed E-state index contributed by atoms with van der Waals surface area (Å²) in [4.78, 5) is 3.05. The van der Waals surface area contributed by atoms with E-state index >= 15 is 0 Å². The first-order chi connectivity index (χ1) is 8.70. The van der Waals surface area contributed by atoms with Crippen molar-refractivity contribution in [3.05, 3.63) is 29.8 Å². The van der Waals surface area contributed by atoms with Crippen LogP contribution in [0, 0.1) is 0 Å². The SMILES string of the molecule is COc1ccccc1CN(CCC(N)=S)C1CC1. The molecule has 0 atom stereocenters. The smallest absolute Gasteiger partial charge is 0.123 e. The Kier molecular flexibility index (Phi) is 4.55. The first kappa shape index (κ1) is 13.3. The Morgan fingerprint density at radius 1 is 1.44 bits per heavy atom. The van der Waals surface area contributed by atoms with Crippen LogP contribution in [0.4, 0.5) is 0 Å². The second-order valence-corrected chi connectivity index (χ2v) is 5.25. The van der Waals surface area contributed by atoms with Crippen LogP contribution in [-0.2, 0) is 6.54 Å². The number of hydrogen-bond donors (Lipinski definition) is 1. The molecule has 2 rings (SSSR count). The van der Waals surface area contributed by atoms with E-state index in [4.69, 9.17) is 22.7 Å². The summed E-state index contributed by atoms with van der Waals surface area (Å²) < 4.78 is 5.39. The van der Waals surface area contributed by atoms with Crippen LogP contribution < -0.4 is 10.5 Å². The van der Waals surface area contributed by atoms with E-state index in [1.54, 1.807) is 7.11 Å². The second-order valence-electron chi connectivity index (χ2n) is 4.73. The van der Waals surface area contributed by atoms with E-state index in [-0.39, 0.29) is 0 Å². The molecule has 3 nitrogen and oxygen atoms in total. The average molecular weight is 264 g/mol. The summed E-state index contributed by atoms with van der Waals surface area (Å²) in [5, 5.41) is 0. The largest absolute Gasteiger partial charge is 0.496 e. The van der Waals surface area contributed by atoms with E-state index in [1.807, 2.05) is 12.1 Å². The zero-order valence-corrected chi connectivity index (χ0v) is 11.6. The lowest BCUT2D eigenvalue weighted by Gasteiger charge is -2.22. The Hall–Kier alpha value is -1.13. The van der Waals surface area contributed by atoms with Crippen molar-refractivity contribution in [1.82, 2.24) is 4.90 Å². The molecule has 0 aromatic heterocycles. The molecule has 0 spiro atoms. The van der Waals surface area contributed by atoms with Crippen molar-refractivity contribution >= 4 is 17.2 Å². The zero-order valence-electron chi connectivity index (χ0n) is 10.8. The molecule has 1 fully saturated rings. The third-order valence-electron chi connectivity index (χ3n) is 3.27. The number of methoxy groups -OCH3 is 1. The summed E-state index contributed by atoms with van der Waals surface area (Å²) in [5.74, 6) is 0.957. The number of nitrogens with two attached hydrogens (primary N) is 1. The number of thiocarbonyl (C=S) groups is 1. The summed E-state index contributed by atoms with van der Waals surface area (Å²) in [6.07, 6.45) is 3.36. The van der Waals surface area contributed by atoms with Gasteiger partial charge in [0.15, 0.2) is 0 Å². The molecular formula is C14H20N2OS. The van der Waals surface area contributed by atoms with Gasteiger partial charge in [0.25, 0.3) is 0 Å². The highest BCUT2D eigenvalue weighted by Gasteiger charge is 2.29. The summed E-state index contributed by atoms with van der Waals surface area (Å²) in [6, 6.07) is 8.88. The fourth-order valence-electron chi connectivity index (χ4n) is 2.14. The molecule has 0 radical (unpaired) electrons. The maximum Gasteiger partial charge on any atom is 0.123 e. The first-order valence-electron chi connectivity index (χ1n) is 6.35. The Morgan fingerprint density at radius 2 is 2.17 bits per heavy atom. The molecule has 0 heterocycles. The minimum absolute atomic E-state index is 0.598. The summed E-state index contributed by atoms with van der Waals surface area (Å²) in [7, 11) is 1.72. The molecule has 0 saturated heterocycles. The van der Waals surface area contributed by atoms with Gasteiger partial charge < -0.3 is 10.5 Å². The van der Waals surface area contributed by atoms with Crippen molar-refractivity contribution in [2.24, 2.45) is 5.73 Å². The Labute approximate surface area is 114 Å². The van der Waals surface area contributed by atoms with Crippen molar-refractivity contribution in [2.75, 3.05) is 13.7 Å². The van der Waals surface area contributed by atoms with E-state index in [9.17, 15) is 0 Å². The predicted octanol–water partition coefficient (Wildman–Crippen LogP) is 2.34. The Morgan fingerprint density at radius 3 is 2.78 bits per heavy atom. The molecule has 0 aliphatic heterocycles. The van der Waals surface area contributed by atoms with Gasteiger partial charge in [0.2, 0.25) is 0 Å². The fraction of sp³-hybridized carbons (Fsp3) is 0.500. The van der Waals surface area contributed by atoms with Gasteiger partial charge in [-0.1, -0.05) is 30.4 Å².